The van der Waals surface area contributed by atoms with Crippen LogP contribution in [0.15, 0.2) is 0 Å². The lowest BCUT2D eigenvalue weighted by molar-refractivity contribution is -0.141. The third-order valence-electron chi connectivity index (χ3n) is 0.386. The van der Waals surface area contributed by atoms with Crippen LogP contribution in [-0.4, -0.2) is 19.3 Å². The van der Waals surface area contributed by atoms with E-state index in [0.29, 0.717) is 0 Å². The minimum absolute atomic E-state index is 0.580. The van der Waals surface area contributed by atoms with Gasteiger partial charge in [0.1, 0.15) is 0 Å². The van der Waals surface area contributed by atoms with Gasteiger partial charge in [-0.15, -0.1) is 0 Å². The SMILES string of the molecule is [2H]OCCC(F)(F)F. The van der Waals surface area contributed by atoms with Crippen molar-refractivity contribution in [2.45, 2.75) is 12.6 Å². The van der Waals surface area contributed by atoms with Crippen molar-refractivity contribution in [3.8, 4) is 0 Å². The largest absolute Gasteiger partial charge is 0.396 e. The van der Waals surface area contributed by atoms with Crippen LogP contribution in [0.25, 0.3) is 0 Å². The van der Waals surface area contributed by atoms with Crippen LogP contribution in [0.5, 0.6) is 0 Å². The Labute approximate surface area is 40.3 Å². The maximum atomic E-state index is 11.1. The van der Waals surface area contributed by atoms with Crippen LogP contribution >= 0.6 is 0 Å². The Hall–Kier alpha value is -0.250. The van der Waals surface area contributed by atoms with E-state index in [0.717, 1.165) is 0 Å². The molecule has 0 saturated carbocycles. The number of hydrogen-bond acceptors (Lipinski definition) is 1. The normalized spacial score (nSPS) is 13.9. The topological polar surface area (TPSA) is 20.2 Å². The number of halogens is 3. The van der Waals surface area contributed by atoms with Gasteiger partial charge >= 0.3 is 6.18 Å². The summed E-state index contributed by atoms with van der Waals surface area (Å²) in [6.45, 7) is -0.580. The predicted octanol–water partition coefficient (Wildman–Crippen LogP) is 0.931. The Kier molecular flexibility index (Phi) is 1.51. The second kappa shape index (κ2) is 2.16. The molecule has 0 heterocycles. The summed E-state index contributed by atoms with van der Waals surface area (Å²) in [6.07, 6.45) is -5.24. The first-order valence-corrected chi connectivity index (χ1v) is 1.71. The smallest absolute Gasteiger partial charge is 0.391 e. The highest BCUT2D eigenvalue weighted by Crippen LogP contribution is 2.17. The van der Waals surface area contributed by atoms with Crippen LogP contribution in [0, 0.1) is 0 Å². The van der Waals surface area contributed by atoms with Gasteiger partial charge in [0, 0.05) is 0 Å². The summed E-state index contributed by atoms with van der Waals surface area (Å²) in [7, 11) is 0. The van der Waals surface area contributed by atoms with E-state index in [2.05, 4.69) is 5.11 Å². The van der Waals surface area contributed by atoms with Crippen LogP contribution in [0.2, 0.25) is 0 Å². The van der Waals surface area contributed by atoms with Gasteiger partial charge in [-0.2, -0.15) is 13.2 Å². The Morgan fingerprint density at radius 1 is 1.57 bits per heavy atom. The van der Waals surface area contributed by atoms with Gasteiger partial charge in [0.2, 0.25) is 1.43 Å². The number of hydrogen-bond donors (Lipinski definition) is 1. The lowest BCUT2D eigenvalue weighted by Gasteiger charge is -1.99. The molecule has 0 radical (unpaired) electrons. The molecule has 0 aliphatic rings. The Balaban J connectivity index is 3.11. The fourth-order valence-electron chi connectivity index (χ4n) is 0.116. The number of aliphatic hydroxyl groups is 1. The van der Waals surface area contributed by atoms with Crippen LogP contribution in [0.3, 0.4) is 0 Å². The monoisotopic (exact) mass is 115 g/mol. The molecule has 4 heteroatoms. The summed E-state index contributed by atoms with van der Waals surface area (Å²) in [5, 5.41) is 3.45. The van der Waals surface area contributed by atoms with Gasteiger partial charge in [-0.25, -0.2) is 0 Å². The molecule has 0 spiro atoms. The molecule has 0 aliphatic carbocycles. The number of rotatable bonds is 2. The average Bonchev–Trinajstić information content (AvgIpc) is 1.59. The van der Waals surface area contributed by atoms with Gasteiger partial charge in [0.25, 0.3) is 0 Å². The van der Waals surface area contributed by atoms with Gasteiger partial charge in [-0.1, -0.05) is 0 Å². The van der Waals surface area contributed by atoms with Gasteiger partial charge in [0.05, 0.1) is 13.0 Å². The van der Waals surface area contributed by atoms with E-state index in [4.69, 9.17) is 1.43 Å². The van der Waals surface area contributed by atoms with Gasteiger partial charge in [-0.05, 0) is 0 Å². The summed E-state index contributed by atoms with van der Waals surface area (Å²) < 4.78 is 39.1. The summed E-state index contributed by atoms with van der Waals surface area (Å²) >= 11 is 0. The maximum absolute atomic E-state index is 11.1. The molecule has 0 unspecified atom stereocenters. The molecule has 0 saturated heterocycles. The molecule has 0 aromatic carbocycles. The van der Waals surface area contributed by atoms with E-state index in [1.54, 1.807) is 0 Å². The molecule has 0 aromatic rings. The molecule has 0 amide bonds. The molecule has 44 valence electrons. The van der Waals surface area contributed by atoms with Crippen LogP contribution < -0.4 is 0 Å². The second-order valence-corrected chi connectivity index (χ2v) is 1.07. The van der Waals surface area contributed by atoms with Crippen LogP contribution in [0.1, 0.15) is 6.42 Å². The third-order valence-corrected chi connectivity index (χ3v) is 0.386. The van der Waals surface area contributed by atoms with E-state index in [-0.39, 0.29) is 0 Å². The molecule has 0 rings (SSSR count). The van der Waals surface area contributed by atoms with Crippen molar-refractivity contribution in [2.24, 2.45) is 0 Å². The second-order valence-electron chi connectivity index (χ2n) is 1.07. The Bertz CT molecular complexity index is 62.0. The lowest BCUT2D eigenvalue weighted by Crippen LogP contribution is -2.08. The molecular formula is C3H5F3O. The first-order chi connectivity index (χ1) is 3.56. The Morgan fingerprint density at radius 2 is 2.14 bits per heavy atom. The first kappa shape index (κ1) is 4.90. The minimum atomic E-state index is -4.19. The molecular weight excluding hydrogens is 109 g/mol. The summed E-state index contributed by atoms with van der Waals surface area (Å²) in [5.74, 6) is 0. The molecule has 7 heavy (non-hydrogen) atoms. The molecule has 0 aromatic heterocycles. The summed E-state index contributed by atoms with van der Waals surface area (Å²) in [4.78, 5) is 0. The molecule has 1 N–H and O–H groups in total. The van der Waals surface area contributed by atoms with E-state index < -0.39 is 19.2 Å². The van der Waals surface area contributed by atoms with Gasteiger partial charge < -0.3 is 5.11 Å². The van der Waals surface area contributed by atoms with Crippen LogP contribution in [0.4, 0.5) is 13.2 Å². The minimum Gasteiger partial charge on any atom is -0.396 e. The van der Waals surface area contributed by atoms with Crippen molar-refractivity contribution in [2.75, 3.05) is 6.61 Å². The van der Waals surface area contributed by atoms with Crippen molar-refractivity contribution < 1.29 is 18.3 Å². The number of alkyl halides is 3. The highest BCUT2D eigenvalue weighted by atomic mass is 19.4. The maximum Gasteiger partial charge on any atom is 0.391 e. The van der Waals surface area contributed by atoms with E-state index in [9.17, 15) is 13.2 Å². The molecule has 0 aliphatic heterocycles. The first-order valence-electron chi connectivity index (χ1n) is 2.12. The van der Waals surface area contributed by atoms with Crippen LogP contribution in [-0.2, 0) is 0 Å². The number of aliphatic hydroxyl groups excluding tert-OH is 1. The zero-order valence-corrected chi connectivity index (χ0v) is 3.46. The van der Waals surface area contributed by atoms with Crippen molar-refractivity contribution in [3.63, 3.8) is 0 Å². The lowest BCUT2D eigenvalue weighted by atomic mass is 10.5. The highest BCUT2D eigenvalue weighted by molar-refractivity contribution is 4.44. The third kappa shape index (κ3) is 5.75. The Morgan fingerprint density at radius 3 is 2.29 bits per heavy atom. The van der Waals surface area contributed by atoms with Crippen molar-refractivity contribution in [3.05, 3.63) is 0 Å². The zero-order valence-electron chi connectivity index (χ0n) is 4.46. The molecule has 1 nitrogen and oxygen atoms in total. The fraction of sp³-hybridized carbons (Fsp3) is 1.00. The average molecular weight is 115 g/mol. The van der Waals surface area contributed by atoms with Gasteiger partial charge in [-0.3, -0.25) is 0 Å². The standard InChI is InChI=1S/C3H5F3O/c4-3(5,6)1-2-7/h7H,1-2H2/i7D. The molecule has 0 fully saturated rings. The quantitative estimate of drug-likeness (QED) is 0.567. The van der Waals surface area contributed by atoms with Gasteiger partial charge in [0.15, 0.2) is 0 Å². The van der Waals surface area contributed by atoms with Crippen molar-refractivity contribution >= 4 is 0 Å². The van der Waals surface area contributed by atoms with E-state index >= 15 is 0 Å². The molecule has 0 atom stereocenters. The summed E-state index contributed by atoms with van der Waals surface area (Å²) in [6, 6.07) is 0. The predicted molar refractivity (Wildman–Crippen MR) is 17.8 cm³/mol. The van der Waals surface area contributed by atoms with E-state index in [1.165, 1.54) is 0 Å². The summed E-state index contributed by atoms with van der Waals surface area (Å²) in [5.41, 5.74) is 0. The highest BCUT2D eigenvalue weighted by Gasteiger charge is 2.25. The zero-order chi connectivity index (χ0) is 6.62. The van der Waals surface area contributed by atoms with Crippen molar-refractivity contribution in [1.82, 2.24) is 0 Å². The molecule has 0 bridgehead atoms. The van der Waals surface area contributed by atoms with E-state index in [1.807, 2.05) is 0 Å². The fourth-order valence-corrected chi connectivity index (χ4v) is 0.116. The van der Waals surface area contributed by atoms with Crippen molar-refractivity contribution in [1.29, 1.82) is 1.43 Å².